The van der Waals surface area contributed by atoms with Gasteiger partial charge in [0, 0.05) is 32.7 Å². The van der Waals surface area contributed by atoms with Gasteiger partial charge < -0.3 is 9.84 Å². The zero-order chi connectivity index (χ0) is 20.3. The highest BCUT2D eigenvalue weighted by molar-refractivity contribution is 7.86. The third-order valence-corrected chi connectivity index (χ3v) is 6.72. The zero-order valence-electron chi connectivity index (χ0n) is 16.3. The van der Waals surface area contributed by atoms with Crippen LogP contribution >= 0.6 is 0 Å². The van der Waals surface area contributed by atoms with Crippen molar-refractivity contribution in [3.63, 3.8) is 0 Å². The van der Waals surface area contributed by atoms with Crippen molar-refractivity contribution in [3.8, 4) is 11.4 Å². The van der Waals surface area contributed by atoms with Crippen molar-refractivity contribution >= 4 is 16.1 Å². The van der Waals surface area contributed by atoms with Crippen molar-refractivity contribution in [2.45, 2.75) is 26.3 Å². The number of carbonyl (C=O) groups excluding carboxylic acids is 1. The molecule has 1 aliphatic rings. The van der Waals surface area contributed by atoms with Crippen LogP contribution in [-0.4, -0.2) is 60.3 Å². The highest BCUT2D eigenvalue weighted by Gasteiger charge is 2.33. The molecule has 1 atom stereocenters. The van der Waals surface area contributed by atoms with E-state index in [2.05, 4.69) is 15.5 Å². The first-order chi connectivity index (χ1) is 13.3. The third kappa shape index (κ3) is 4.40. The average molecular weight is 407 g/mol. The summed E-state index contributed by atoms with van der Waals surface area (Å²) in [5.41, 5.74) is 1.91. The summed E-state index contributed by atoms with van der Waals surface area (Å²) < 4.78 is 32.3. The van der Waals surface area contributed by atoms with Crippen molar-refractivity contribution in [1.82, 2.24) is 24.1 Å². The van der Waals surface area contributed by atoms with Crippen LogP contribution in [0.5, 0.6) is 0 Å². The molecule has 1 aromatic carbocycles. The fourth-order valence-corrected chi connectivity index (χ4v) is 4.35. The van der Waals surface area contributed by atoms with Gasteiger partial charge in [-0.15, -0.1) is 0 Å². The standard InChI is InChI=1S/C18H25N5O4S/c1-13-7-4-5-9-15(13)17-20-16(27-21-17)11-19-18(24)14-8-6-10-23(12-14)28(25,26)22(2)3/h4-5,7,9,14H,6,8,10-12H2,1-3H3,(H,19,24)/t14-/m1/s1. The van der Waals surface area contributed by atoms with Crippen molar-refractivity contribution in [3.05, 3.63) is 35.7 Å². The van der Waals surface area contributed by atoms with E-state index in [-0.39, 0.29) is 19.0 Å². The number of amides is 1. The molecule has 2 aromatic rings. The summed E-state index contributed by atoms with van der Waals surface area (Å²) in [6, 6.07) is 7.70. The lowest BCUT2D eigenvalue weighted by Crippen LogP contribution is -2.48. The van der Waals surface area contributed by atoms with Crippen LogP contribution in [0.15, 0.2) is 28.8 Å². The Labute approximate surface area is 164 Å². The van der Waals surface area contributed by atoms with Gasteiger partial charge >= 0.3 is 0 Å². The SMILES string of the molecule is Cc1ccccc1-c1noc(CNC(=O)[C@@H]2CCCN(S(=O)(=O)N(C)C)C2)n1. The highest BCUT2D eigenvalue weighted by Crippen LogP contribution is 2.21. The van der Waals surface area contributed by atoms with Gasteiger partial charge in [-0.1, -0.05) is 29.4 Å². The Morgan fingerprint density at radius 3 is 2.82 bits per heavy atom. The summed E-state index contributed by atoms with van der Waals surface area (Å²) in [4.78, 5) is 16.8. The molecule has 28 heavy (non-hydrogen) atoms. The fourth-order valence-electron chi connectivity index (χ4n) is 3.16. The molecule has 1 amide bonds. The Balaban J connectivity index is 1.59. The maximum Gasteiger partial charge on any atom is 0.281 e. The number of benzene rings is 1. The number of nitrogens with one attached hydrogen (secondary N) is 1. The Hall–Kier alpha value is -2.30. The molecule has 9 nitrogen and oxygen atoms in total. The molecule has 1 aromatic heterocycles. The predicted molar refractivity (Wildman–Crippen MR) is 103 cm³/mol. The van der Waals surface area contributed by atoms with Gasteiger partial charge in [0.1, 0.15) is 0 Å². The van der Waals surface area contributed by atoms with Crippen LogP contribution in [0.25, 0.3) is 11.4 Å². The highest BCUT2D eigenvalue weighted by atomic mass is 32.2. The largest absolute Gasteiger partial charge is 0.347 e. The van der Waals surface area contributed by atoms with Crippen LogP contribution in [0.1, 0.15) is 24.3 Å². The second kappa shape index (κ2) is 8.38. The van der Waals surface area contributed by atoms with Crippen molar-refractivity contribution in [1.29, 1.82) is 0 Å². The first-order valence-corrected chi connectivity index (χ1v) is 10.5. The number of carbonyl (C=O) groups is 1. The van der Waals surface area contributed by atoms with E-state index in [9.17, 15) is 13.2 Å². The van der Waals surface area contributed by atoms with Crippen LogP contribution in [0.4, 0.5) is 0 Å². The normalized spacial score (nSPS) is 18.4. The second-order valence-corrected chi connectivity index (χ2v) is 9.17. The van der Waals surface area contributed by atoms with Gasteiger partial charge in [0.25, 0.3) is 10.2 Å². The number of piperidine rings is 1. The van der Waals surface area contributed by atoms with Gasteiger partial charge in [0.2, 0.25) is 17.6 Å². The van der Waals surface area contributed by atoms with E-state index < -0.39 is 16.1 Å². The summed E-state index contributed by atoms with van der Waals surface area (Å²) in [5, 5.41) is 6.75. The van der Waals surface area contributed by atoms with E-state index in [1.165, 1.54) is 22.7 Å². The van der Waals surface area contributed by atoms with Gasteiger partial charge in [-0.2, -0.15) is 22.0 Å². The van der Waals surface area contributed by atoms with Crippen LogP contribution in [0.3, 0.4) is 0 Å². The van der Waals surface area contributed by atoms with Crippen LogP contribution in [0.2, 0.25) is 0 Å². The molecular formula is C18H25N5O4S. The smallest absolute Gasteiger partial charge is 0.281 e. The number of hydrogen-bond acceptors (Lipinski definition) is 6. The summed E-state index contributed by atoms with van der Waals surface area (Å²) in [6.45, 7) is 2.66. The lowest BCUT2D eigenvalue weighted by molar-refractivity contribution is -0.126. The maximum absolute atomic E-state index is 12.5. The predicted octanol–water partition coefficient (Wildman–Crippen LogP) is 1.18. The van der Waals surface area contributed by atoms with Gasteiger partial charge in [-0.3, -0.25) is 4.79 Å². The molecule has 10 heteroatoms. The minimum absolute atomic E-state index is 0.106. The minimum Gasteiger partial charge on any atom is -0.347 e. The first-order valence-electron chi connectivity index (χ1n) is 9.13. The molecule has 0 aliphatic carbocycles. The number of aryl methyl sites for hydroxylation is 1. The lowest BCUT2D eigenvalue weighted by atomic mass is 9.99. The average Bonchev–Trinajstić information content (AvgIpc) is 3.15. The van der Waals surface area contributed by atoms with Crippen molar-refractivity contribution in [2.75, 3.05) is 27.2 Å². The number of hydrogen-bond donors (Lipinski definition) is 1. The molecule has 0 spiro atoms. The van der Waals surface area contributed by atoms with E-state index in [4.69, 9.17) is 4.52 Å². The molecule has 0 unspecified atom stereocenters. The van der Waals surface area contributed by atoms with E-state index in [1.807, 2.05) is 31.2 Å². The summed E-state index contributed by atoms with van der Waals surface area (Å²) in [6.07, 6.45) is 1.28. The molecule has 2 heterocycles. The number of aromatic nitrogens is 2. The molecule has 1 fully saturated rings. The number of nitrogens with zero attached hydrogens (tertiary/aromatic N) is 4. The lowest BCUT2D eigenvalue weighted by Gasteiger charge is -2.32. The van der Waals surface area contributed by atoms with E-state index in [0.717, 1.165) is 11.1 Å². The van der Waals surface area contributed by atoms with Gasteiger partial charge in [-0.25, -0.2) is 0 Å². The second-order valence-electron chi connectivity index (χ2n) is 7.03. The minimum atomic E-state index is -3.52. The Morgan fingerprint density at radius 1 is 1.36 bits per heavy atom. The van der Waals surface area contributed by atoms with Gasteiger partial charge in [0.05, 0.1) is 12.5 Å². The van der Waals surface area contributed by atoms with E-state index in [1.54, 1.807) is 0 Å². The van der Waals surface area contributed by atoms with Gasteiger partial charge in [0.15, 0.2) is 0 Å². The van der Waals surface area contributed by atoms with Crippen LogP contribution in [-0.2, 0) is 21.5 Å². The van der Waals surface area contributed by atoms with E-state index in [0.29, 0.717) is 31.1 Å². The van der Waals surface area contributed by atoms with Crippen LogP contribution < -0.4 is 5.32 Å². The summed E-state index contributed by atoms with van der Waals surface area (Å²) in [5.74, 6) is 0.167. The molecule has 152 valence electrons. The third-order valence-electron chi connectivity index (χ3n) is 4.81. The first kappa shape index (κ1) is 20.4. The van der Waals surface area contributed by atoms with Crippen molar-refractivity contribution < 1.29 is 17.7 Å². The summed E-state index contributed by atoms with van der Waals surface area (Å²) in [7, 11) is -0.546. The Morgan fingerprint density at radius 2 is 2.11 bits per heavy atom. The Bertz CT molecular complexity index is 941. The summed E-state index contributed by atoms with van der Waals surface area (Å²) >= 11 is 0. The molecule has 0 bridgehead atoms. The maximum atomic E-state index is 12.5. The zero-order valence-corrected chi connectivity index (χ0v) is 17.1. The van der Waals surface area contributed by atoms with E-state index >= 15 is 0 Å². The Kier molecular flexibility index (Phi) is 6.11. The fraction of sp³-hybridized carbons (Fsp3) is 0.500. The molecular weight excluding hydrogens is 382 g/mol. The van der Waals surface area contributed by atoms with Crippen LogP contribution in [0, 0.1) is 12.8 Å². The molecule has 1 saturated heterocycles. The molecule has 1 aliphatic heterocycles. The molecule has 0 radical (unpaired) electrons. The monoisotopic (exact) mass is 407 g/mol. The van der Waals surface area contributed by atoms with Crippen molar-refractivity contribution in [2.24, 2.45) is 5.92 Å². The molecule has 0 saturated carbocycles. The van der Waals surface area contributed by atoms with Gasteiger partial charge in [-0.05, 0) is 25.3 Å². The molecule has 1 N–H and O–H groups in total. The molecule has 3 rings (SSSR count). The number of rotatable bonds is 6. The quantitative estimate of drug-likeness (QED) is 0.770. The topological polar surface area (TPSA) is 109 Å².